The summed E-state index contributed by atoms with van der Waals surface area (Å²) in [5.74, 6) is 0. The summed E-state index contributed by atoms with van der Waals surface area (Å²) in [5.41, 5.74) is 1.90. The summed E-state index contributed by atoms with van der Waals surface area (Å²) >= 11 is 0. The van der Waals surface area contributed by atoms with Crippen molar-refractivity contribution in [1.82, 2.24) is 5.32 Å². The molecule has 1 aromatic carbocycles. The molecule has 1 saturated heterocycles. The van der Waals surface area contributed by atoms with Crippen LogP contribution in [0.15, 0.2) is 24.3 Å². The van der Waals surface area contributed by atoms with E-state index in [1.54, 1.807) is 0 Å². The first-order valence-corrected chi connectivity index (χ1v) is 8.64. The maximum atomic E-state index is 12.1. The number of carbonyl (C=O) groups is 1. The zero-order valence-electron chi connectivity index (χ0n) is 14.5. The van der Waals surface area contributed by atoms with Crippen molar-refractivity contribution in [3.8, 4) is 0 Å². The average Bonchev–Trinajstić information content (AvgIpc) is 2.51. The third kappa shape index (κ3) is 5.43. The van der Waals surface area contributed by atoms with Crippen LogP contribution in [0.3, 0.4) is 0 Å². The lowest BCUT2D eigenvalue weighted by molar-refractivity contribution is -0.00517. The first-order chi connectivity index (χ1) is 11.1. The van der Waals surface area contributed by atoms with Gasteiger partial charge in [0.15, 0.2) is 0 Å². The van der Waals surface area contributed by atoms with Gasteiger partial charge in [-0.25, -0.2) is 4.79 Å². The molecule has 1 aliphatic heterocycles. The van der Waals surface area contributed by atoms with Gasteiger partial charge in [0.25, 0.3) is 0 Å². The minimum Gasteiger partial charge on any atom is -0.372 e. The number of nitrogens with one attached hydrogen (secondary N) is 2. The molecule has 2 rings (SSSR count). The minimum atomic E-state index is -0.136. The van der Waals surface area contributed by atoms with E-state index in [4.69, 9.17) is 4.74 Å². The summed E-state index contributed by atoms with van der Waals surface area (Å²) in [7, 11) is 0. The number of hydrogen-bond donors (Lipinski definition) is 2. The van der Waals surface area contributed by atoms with Gasteiger partial charge < -0.3 is 20.3 Å². The standard InChI is InChI=1S/C18H29N3O2/c1-4-5-8-11-19-18(22)20-16-9-6-7-10-17(16)21-12-14(2)23-15(3)13-21/h6-7,9-10,14-15H,4-5,8,11-13H2,1-3H3,(H2,19,20,22). The number of carbonyl (C=O) groups excluding carboxylic acids is 1. The second-order valence-electron chi connectivity index (χ2n) is 6.27. The molecule has 1 aliphatic rings. The lowest BCUT2D eigenvalue weighted by Gasteiger charge is -2.37. The van der Waals surface area contributed by atoms with E-state index in [0.29, 0.717) is 6.54 Å². The number of benzene rings is 1. The molecule has 0 bridgehead atoms. The highest BCUT2D eigenvalue weighted by Crippen LogP contribution is 2.28. The van der Waals surface area contributed by atoms with Crippen LogP contribution in [0.5, 0.6) is 0 Å². The van der Waals surface area contributed by atoms with Crippen molar-refractivity contribution in [1.29, 1.82) is 0 Å². The number of unbranched alkanes of at least 4 members (excludes halogenated alkanes) is 2. The zero-order valence-corrected chi connectivity index (χ0v) is 14.5. The number of anilines is 2. The summed E-state index contributed by atoms with van der Waals surface area (Å²) in [6.07, 6.45) is 3.69. The fraction of sp³-hybridized carbons (Fsp3) is 0.611. The second-order valence-corrected chi connectivity index (χ2v) is 6.27. The normalized spacial score (nSPS) is 21.1. The molecule has 2 N–H and O–H groups in total. The third-order valence-corrected chi connectivity index (χ3v) is 3.98. The molecule has 0 aliphatic carbocycles. The molecule has 5 nitrogen and oxygen atoms in total. The van der Waals surface area contributed by atoms with Gasteiger partial charge in [0.2, 0.25) is 0 Å². The molecule has 1 fully saturated rings. The van der Waals surface area contributed by atoms with Crippen molar-refractivity contribution < 1.29 is 9.53 Å². The van der Waals surface area contributed by atoms with E-state index in [1.165, 1.54) is 0 Å². The Hall–Kier alpha value is -1.75. The van der Waals surface area contributed by atoms with E-state index < -0.39 is 0 Å². The molecule has 5 heteroatoms. The highest BCUT2D eigenvalue weighted by Gasteiger charge is 2.24. The van der Waals surface area contributed by atoms with Crippen LogP contribution in [0.1, 0.15) is 40.0 Å². The lowest BCUT2D eigenvalue weighted by atomic mass is 10.1. The van der Waals surface area contributed by atoms with Crippen molar-refractivity contribution in [2.24, 2.45) is 0 Å². The van der Waals surface area contributed by atoms with Crippen LogP contribution in [-0.4, -0.2) is 37.9 Å². The quantitative estimate of drug-likeness (QED) is 0.788. The highest BCUT2D eigenvalue weighted by atomic mass is 16.5. The predicted octanol–water partition coefficient (Wildman–Crippen LogP) is 3.61. The topological polar surface area (TPSA) is 53.6 Å². The molecule has 2 atom stereocenters. The molecule has 1 heterocycles. The van der Waals surface area contributed by atoms with Crippen molar-refractivity contribution in [2.75, 3.05) is 29.9 Å². The summed E-state index contributed by atoms with van der Waals surface area (Å²) in [6, 6.07) is 7.82. The Morgan fingerprint density at radius 2 is 1.91 bits per heavy atom. The fourth-order valence-corrected chi connectivity index (χ4v) is 2.97. The molecule has 2 unspecified atom stereocenters. The molecule has 23 heavy (non-hydrogen) atoms. The fourth-order valence-electron chi connectivity index (χ4n) is 2.97. The van der Waals surface area contributed by atoms with Gasteiger partial charge in [-0.15, -0.1) is 0 Å². The first kappa shape index (κ1) is 17.6. The zero-order chi connectivity index (χ0) is 16.7. The summed E-state index contributed by atoms with van der Waals surface area (Å²) in [4.78, 5) is 14.4. The SMILES string of the molecule is CCCCCNC(=O)Nc1ccccc1N1CC(C)OC(C)C1. The molecule has 0 radical (unpaired) electrons. The van der Waals surface area contributed by atoms with Gasteiger partial charge in [-0.2, -0.15) is 0 Å². The molecule has 0 spiro atoms. The van der Waals surface area contributed by atoms with Crippen LogP contribution in [0.2, 0.25) is 0 Å². The monoisotopic (exact) mass is 319 g/mol. The Kier molecular flexibility index (Phi) is 6.71. The molecule has 0 aromatic heterocycles. The molecule has 0 saturated carbocycles. The largest absolute Gasteiger partial charge is 0.372 e. The van der Waals surface area contributed by atoms with Crippen LogP contribution in [0.25, 0.3) is 0 Å². The number of para-hydroxylation sites is 2. The number of morpholine rings is 1. The smallest absolute Gasteiger partial charge is 0.319 e. The van der Waals surface area contributed by atoms with Crippen LogP contribution in [-0.2, 0) is 4.74 Å². The number of ether oxygens (including phenoxy) is 1. The Morgan fingerprint density at radius 3 is 2.61 bits per heavy atom. The van der Waals surface area contributed by atoms with Crippen molar-refractivity contribution in [2.45, 2.75) is 52.2 Å². The van der Waals surface area contributed by atoms with E-state index in [0.717, 1.165) is 43.7 Å². The number of urea groups is 1. The Balaban J connectivity index is 1.98. The minimum absolute atomic E-state index is 0.136. The Bertz CT molecular complexity index is 497. The van der Waals surface area contributed by atoms with Gasteiger partial charge in [-0.1, -0.05) is 31.9 Å². The van der Waals surface area contributed by atoms with E-state index >= 15 is 0 Å². The van der Waals surface area contributed by atoms with Crippen molar-refractivity contribution in [3.05, 3.63) is 24.3 Å². The van der Waals surface area contributed by atoms with Gasteiger partial charge in [-0.3, -0.25) is 0 Å². The second kappa shape index (κ2) is 8.77. The molecule has 2 amide bonds. The maximum Gasteiger partial charge on any atom is 0.319 e. The maximum absolute atomic E-state index is 12.1. The van der Waals surface area contributed by atoms with Crippen LogP contribution in [0.4, 0.5) is 16.2 Å². The molecular weight excluding hydrogens is 290 g/mol. The van der Waals surface area contributed by atoms with Crippen LogP contribution >= 0.6 is 0 Å². The Morgan fingerprint density at radius 1 is 1.22 bits per heavy atom. The van der Waals surface area contributed by atoms with E-state index in [2.05, 4.69) is 42.4 Å². The Labute approximate surface area is 139 Å². The number of hydrogen-bond acceptors (Lipinski definition) is 3. The van der Waals surface area contributed by atoms with Crippen molar-refractivity contribution >= 4 is 17.4 Å². The molecule has 128 valence electrons. The molecular formula is C18H29N3O2. The van der Waals surface area contributed by atoms with Gasteiger partial charge in [0.05, 0.1) is 23.6 Å². The summed E-state index contributed by atoms with van der Waals surface area (Å²) < 4.78 is 5.79. The molecule has 1 aromatic rings. The van der Waals surface area contributed by atoms with E-state index in [-0.39, 0.29) is 18.2 Å². The number of rotatable bonds is 6. The van der Waals surface area contributed by atoms with E-state index in [9.17, 15) is 4.79 Å². The highest BCUT2D eigenvalue weighted by molar-refractivity contribution is 5.93. The lowest BCUT2D eigenvalue weighted by Crippen LogP contribution is -2.45. The van der Waals surface area contributed by atoms with Gasteiger partial charge >= 0.3 is 6.03 Å². The predicted molar refractivity (Wildman–Crippen MR) is 95.2 cm³/mol. The number of amides is 2. The van der Waals surface area contributed by atoms with Gasteiger partial charge in [0, 0.05) is 19.6 Å². The van der Waals surface area contributed by atoms with Crippen LogP contribution < -0.4 is 15.5 Å². The average molecular weight is 319 g/mol. The van der Waals surface area contributed by atoms with Crippen molar-refractivity contribution in [3.63, 3.8) is 0 Å². The number of nitrogens with zero attached hydrogens (tertiary/aromatic N) is 1. The first-order valence-electron chi connectivity index (χ1n) is 8.64. The van der Waals surface area contributed by atoms with E-state index in [1.807, 2.05) is 18.2 Å². The van der Waals surface area contributed by atoms with Crippen LogP contribution in [0, 0.1) is 0 Å². The summed E-state index contributed by atoms with van der Waals surface area (Å²) in [5, 5.41) is 5.90. The summed E-state index contributed by atoms with van der Waals surface area (Å²) in [6.45, 7) is 8.70. The van der Waals surface area contributed by atoms with Gasteiger partial charge in [0.1, 0.15) is 0 Å². The van der Waals surface area contributed by atoms with Gasteiger partial charge in [-0.05, 0) is 32.4 Å². The third-order valence-electron chi connectivity index (χ3n) is 3.98.